The van der Waals surface area contributed by atoms with Crippen LogP contribution in [0.4, 0.5) is 11.4 Å². The van der Waals surface area contributed by atoms with Crippen LogP contribution in [-0.2, 0) is 0 Å². The van der Waals surface area contributed by atoms with Gasteiger partial charge in [0, 0.05) is 36.3 Å². The third-order valence-electron chi connectivity index (χ3n) is 8.23. The van der Waals surface area contributed by atoms with Gasteiger partial charge in [-0.15, -0.1) is 10.8 Å². The average Bonchev–Trinajstić information content (AvgIpc) is 3.39. The van der Waals surface area contributed by atoms with E-state index in [9.17, 15) is 19.0 Å². The van der Waals surface area contributed by atoms with Gasteiger partial charge >= 0.3 is 5.97 Å². The van der Waals surface area contributed by atoms with E-state index in [4.69, 9.17) is 11.6 Å². The SMILES string of the molecule is CN1C(C2CCCCC2)CN(c2ccccc2)c2cc(Cl)c(-c3cc(C(=O)O)c4cn[nH]c4c3)cc2S1(O)O. The summed E-state index contributed by atoms with van der Waals surface area (Å²) in [4.78, 5) is 14.5. The van der Waals surface area contributed by atoms with Crippen LogP contribution in [0.3, 0.4) is 0 Å². The van der Waals surface area contributed by atoms with Crippen molar-refractivity contribution in [3.05, 3.63) is 71.4 Å². The normalized spacial score (nSPS) is 20.9. The zero-order valence-electron chi connectivity index (χ0n) is 21.5. The van der Waals surface area contributed by atoms with Gasteiger partial charge < -0.3 is 10.0 Å². The van der Waals surface area contributed by atoms with Gasteiger partial charge in [0.05, 0.1) is 32.9 Å². The molecule has 2 heterocycles. The van der Waals surface area contributed by atoms with Crippen molar-refractivity contribution in [2.24, 2.45) is 5.92 Å². The molecule has 39 heavy (non-hydrogen) atoms. The van der Waals surface area contributed by atoms with E-state index in [0.29, 0.717) is 50.1 Å². The van der Waals surface area contributed by atoms with Crippen molar-refractivity contribution in [3.8, 4) is 11.1 Å². The number of benzene rings is 3. The molecule has 1 aliphatic carbocycles. The first kappa shape index (κ1) is 26.2. The van der Waals surface area contributed by atoms with E-state index in [1.54, 1.807) is 35.6 Å². The third-order valence-corrected chi connectivity index (χ3v) is 10.5. The van der Waals surface area contributed by atoms with Gasteiger partial charge in [0.1, 0.15) is 0 Å². The van der Waals surface area contributed by atoms with Crippen molar-refractivity contribution in [1.82, 2.24) is 14.5 Å². The predicted molar refractivity (Wildman–Crippen MR) is 156 cm³/mol. The zero-order valence-corrected chi connectivity index (χ0v) is 23.1. The Morgan fingerprint density at radius 2 is 1.82 bits per heavy atom. The molecular formula is C29H31ClN4O4S. The van der Waals surface area contributed by atoms with E-state index >= 15 is 0 Å². The van der Waals surface area contributed by atoms with Crippen LogP contribution in [0.5, 0.6) is 0 Å². The second-order valence-electron chi connectivity index (χ2n) is 10.4. The Morgan fingerprint density at radius 1 is 1.08 bits per heavy atom. The van der Waals surface area contributed by atoms with Crippen molar-refractivity contribution in [2.45, 2.75) is 43.0 Å². The number of nitrogens with zero attached hydrogens (tertiary/aromatic N) is 3. The molecule has 204 valence electrons. The molecule has 1 unspecified atom stereocenters. The minimum absolute atomic E-state index is 0.0786. The van der Waals surface area contributed by atoms with Crippen molar-refractivity contribution < 1.29 is 19.0 Å². The van der Waals surface area contributed by atoms with E-state index in [1.165, 1.54) is 12.6 Å². The lowest BCUT2D eigenvalue weighted by atomic mass is 9.83. The average molecular weight is 567 g/mol. The van der Waals surface area contributed by atoms with Crippen LogP contribution in [0.15, 0.2) is 65.7 Å². The molecule has 0 amide bonds. The molecule has 8 nitrogen and oxygen atoms in total. The minimum atomic E-state index is -3.41. The summed E-state index contributed by atoms with van der Waals surface area (Å²) in [7, 11) is -1.60. The van der Waals surface area contributed by atoms with Crippen LogP contribution in [-0.4, -0.2) is 54.3 Å². The van der Waals surface area contributed by atoms with Crippen LogP contribution in [0.25, 0.3) is 22.0 Å². The topological polar surface area (TPSA) is 113 Å². The quantitative estimate of drug-likeness (QED) is 0.201. The molecule has 2 aliphatic rings. The van der Waals surface area contributed by atoms with Gasteiger partial charge in [-0.2, -0.15) is 9.40 Å². The number of carboxylic acid groups (broad SMARTS) is 1. The zero-order chi connectivity index (χ0) is 27.3. The predicted octanol–water partition coefficient (Wildman–Crippen LogP) is 7.64. The summed E-state index contributed by atoms with van der Waals surface area (Å²) in [6, 6.07) is 16.7. The number of aromatic amines is 1. The maximum Gasteiger partial charge on any atom is 0.336 e. The summed E-state index contributed by atoms with van der Waals surface area (Å²) in [5, 5.41) is 17.6. The molecule has 0 saturated heterocycles. The standard InChI is InChI=1S/C29H31ClN4O4S/c1-33-27(18-8-4-2-5-9-18)17-34(20-10-6-3-7-11-20)26-15-24(30)21(14-28(26)39(33,37)38)19-12-22(29(35)36)23-16-31-32-25(23)13-19/h3,6-7,10-16,18,27,37-38H,2,4-5,8-9,17H2,1H3,(H,31,32)(H,35,36). The van der Waals surface area contributed by atoms with Crippen molar-refractivity contribution in [2.75, 3.05) is 18.5 Å². The number of fused-ring (bicyclic) bond motifs is 2. The summed E-state index contributed by atoms with van der Waals surface area (Å²) in [6.45, 7) is 0.590. The van der Waals surface area contributed by atoms with E-state index in [1.807, 2.05) is 30.3 Å². The number of nitrogens with one attached hydrogen (secondary N) is 1. The number of rotatable bonds is 4. The first-order valence-corrected chi connectivity index (χ1v) is 15.0. The monoisotopic (exact) mass is 566 g/mol. The number of aromatic nitrogens is 2. The van der Waals surface area contributed by atoms with Crippen LogP contribution in [0.1, 0.15) is 42.5 Å². The number of carbonyl (C=O) groups is 1. The highest BCUT2D eigenvalue weighted by molar-refractivity contribution is 8.22. The van der Waals surface area contributed by atoms with Gasteiger partial charge in [0.2, 0.25) is 0 Å². The summed E-state index contributed by atoms with van der Waals surface area (Å²) < 4.78 is 25.5. The second-order valence-corrected chi connectivity index (χ2v) is 12.9. The highest BCUT2D eigenvalue weighted by atomic mass is 35.5. The maximum atomic E-state index is 12.0. The van der Waals surface area contributed by atoms with Gasteiger partial charge in [-0.05, 0) is 60.7 Å². The Hall–Kier alpha value is -3.08. The molecule has 1 saturated carbocycles. The Morgan fingerprint density at radius 3 is 2.54 bits per heavy atom. The Balaban J connectivity index is 1.55. The van der Waals surface area contributed by atoms with Crippen LogP contribution in [0.2, 0.25) is 5.02 Å². The van der Waals surface area contributed by atoms with E-state index < -0.39 is 16.7 Å². The minimum Gasteiger partial charge on any atom is -0.478 e. The van der Waals surface area contributed by atoms with Gasteiger partial charge in [0.15, 0.2) is 0 Å². The fraction of sp³-hybridized carbons (Fsp3) is 0.310. The molecule has 0 bridgehead atoms. The van der Waals surface area contributed by atoms with Crippen LogP contribution < -0.4 is 4.90 Å². The lowest BCUT2D eigenvalue weighted by Gasteiger charge is -2.46. The van der Waals surface area contributed by atoms with Crippen molar-refractivity contribution in [3.63, 3.8) is 0 Å². The van der Waals surface area contributed by atoms with E-state index in [-0.39, 0.29) is 11.6 Å². The first-order chi connectivity index (χ1) is 18.8. The molecule has 0 radical (unpaired) electrons. The van der Waals surface area contributed by atoms with E-state index in [0.717, 1.165) is 31.4 Å². The fourth-order valence-electron chi connectivity index (χ4n) is 6.14. The largest absolute Gasteiger partial charge is 0.478 e. The second kappa shape index (κ2) is 10.1. The summed E-state index contributed by atoms with van der Waals surface area (Å²) in [6.07, 6.45) is 7.09. The highest BCUT2D eigenvalue weighted by Crippen LogP contribution is 2.60. The number of H-pyrrole nitrogens is 1. The molecule has 1 fully saturated rings. The number of halogens is 1. The lowest BCUT2D eigenvalue weighted by Crippen LogP contribution is -2.45. The summed E-state index contributed by atoms with van der Waals surface area (Å²) >= 11 is 6.91. The molecule has 0 spiro atoms. The van der Waals surface area contributed by atoms with Gasteiger partial charge in [-0.1, -0.05) is 49.1 Å². The third kappa shape index (κ3) is 4.58. The van der Waals surface area contributed by atoms with Gasteiger partial charge in [-0.25, -0.2) is 4.79 Å². The molecule has 3 aromatic carbocycles. The molecule has 4 aromatic rings. The van der Waals surface area contributed by atoms with Crippen LogP contribution in [0, 0.1) is 5.92 Å². The molecule has 1 aromatic heterocycles. The number of hydrogen-bond donors (Lipinski definition) is 4. The first-order valence-electron chi connectivity index (χ1n) is 13.1. The molecule has 1 aliphatic heterocycles. The number of hydrogen-bond acceptors (Lipinski definition) is 6. The number of likely N-dealkylation sites (N-methyl/N-ethyl adjacent to an activating group) is 1. The van der Waals surface area contributed by atoms with Crippen molar-refractivity contribution >= 4 is 50.6 Å². The number of carboxylic acids is 1. The Kier molecular flexibility index (Phi) is 6.81. The van der Waals surface area contributed by atoms with Gasteiger partial charge in [0.25, 0.3) is 0 Å². The molecule has 4 N–H and O–H groups in total. The molecule has 10 heteroatoms. The van der Waals surface area contributed by atoms with Crippen LogP contribution >= 0.6 is 22.4 Å². The molecular weight excluding hydrogens is 536 g/mol. The van der Waals surface area contributed by atoms with Gasteiger partial charge in [-0.3, -0.25) is 14.2 Å². The summed E-state index contributed by atoms with van der Waals surface area (Å²) in [5.41, 5.74) is 3.31. The van der Waals surface area contributed by atoms with Crippen molar-refractivity contribution in [1.29, 1.82) is 0 Å². The maximum absolute atomic E-state index is 12.0. The fourth-order valence-corrected chi connectivity index (χ4v) is 8.06. The lowest BCUT2D eigenvalue weighted by molar-refractivity contribution is 0.0699. The number of aromatic carboxylic acids is 1. The smallest absolute Gasteiger partial charge is 0.336 e. The molecule has 1 atom stereocenters. The van der Waals surface area contributed by atoms with E-state index in [2.05, 4.69) is 15.1 Å². The number of anilines is 2. The Bertz CT molecular complexity index is 1540. The Labute approximate surface area is 233 Å². The molecule has 6 rings (SSSR count). The number of para-hydroxylation sites is 1. The highest BCUT2D eigenvalue weighted by Gasteiger charge is 2.41. The summed E-state index contributed by atoms with van der Waals surface area (Å²) in [5.74, 6) is -0.741.